The van der Waals surface area contributed by atoms with Crippen LogP contribution in [0.25, 0.3) is 0 Å². The van der Waals surface area contributed by atoms with E-state index in [4.69, 9.17) is 4.74 Å². The van der Waals surface area contributed by atoms with Crippen LogP contribution in [0.3, 0.4) is 0 Å². The molecule has 0 bridgehead atoms. The van der Waals surface area contributed by atoms with Crippen molar-refractivity contribution in [3.05, 3.63) is 89.8 Å². The standard InChI is InChI=1S/C22H22F2N2O2/c1-15(14-27)26-20(13-16-9-11-25-12-10-16)18-7-8-19(23)22(21(18)24)28-17-5-3-2-4-6-17/h2-12,15,20,26-27H,13-14H2,1H3. The molecule has 0 radical (unpaired) electrons. The lowest BCUT2D eigenvalue weighted by Gasteiger charge is -2.24. The number of ether oxygens (including phenoxy) is 1. The Labute approximate surface area is 162 Å². The van der Waals surface area contributed by atoms with E-state index in [2.05, 4.69) is 10.3 Å². The molecule has 4 nitrogen and oxygen atoms in total. The second kappa shape index (κ2) is 9.39. The van der Waals surface area contributed by atoms with Gasteiger partial charge in [-0.2, -0.15) is 0 Å². The Balaban J connectivity index is 1.95. The quantitative estimate of drug-likeness (QED) is 0.604. The van der Waals surface area contributed by atoms with Gasteiger partial charge < -0.3 is 15.2 Å². The fourth-order valence-corrected chi connectivity index (χ4v) is 2.93. The molecule has 0 saturated heterocycles. The number of aliphatic hydroxyl groups is 1. The lowest BCUT2D eigenvalue weighted by Crippen LogP contribution is -2.34. The van der Waals surface area contributed by atoms with Crippen molar-refractivity contribution in [2.45, 2.75) is 25.4 Å². The highest BCUT2D eigenvalue weighted by molar-refractivity contribution is 5.39. The van der Waals surface area contributed by atoms with Crippen LogP contribution in [0.2, 0.25) is 0 Å². The zero-order valence-corrected chi connectivity index (χ0v) is 15.5. The fraction of sp³-hybridized carbons (Fsp3) is 0.227. The minimum atomic E-state index is -0.775. The van der Waals surface area contributed by atoms with Crippen LogP contribution in [0.1, 0.15) is 24.1 Å². The van der Waals surface area contributed by atoms with Gasteiger partial charge in [-0.15, -0.1) is 0 Å². The predicted molar refractivity (Wildman–Crippen MR) is 103 cm³/mol. The van der Waals surface area contributed by atoms with Gasteiger partial charge in [0, 0.05) is 30.0 Å². The molecule has 2 unspecified atom stereocenters. The first-order chi connectivity index (χ1) is 13.6. The van der Waals surface area contributed by atoms with Crippen LogP contribution in [0.5, 0.6) is 11.5 Å². The van der Waals surface area contributed by atoms with E-state index in [0.717, 1.165) is 5.56 Å². The molecular weight excluding hydrogens is 362 g/mol. The first-order valence-corrected chi connectivity index (χ1v) is 9.05. The van der Waals surface area contributed by atoms with Crippen LogP contribution in [0.15, 0.2) is 67.0 Å². The highest BCUT2D eigenvalue weighted by atomic mass is 19.1. The molecule has 146 valence electrons. The van der Waals surface area contributed by atoms with Crippen molar-refractivity contribution in [1.82, 2.24) is 10.3 Å². The number of para-hydroxylation sites is 1. The minimum Gasteiger partial charge on any atom is -0.451 e. The lowest BCUT2D eigenvalue weighted by atomic mass is 9.97. The molecule has 2 aromatic carbocycles. The average Bonchev–Trinajstić information content (AvgIpc) is 2.72. The van der Waals surface area contributed by atoms with Crippen molar-refractivity contribution >= 4 is 0 Å². The number of aromatic nitrogens is 1. The smallest absolute Gasteiger partial charge is 0.198 e. The summed E-state index contributed by atoms with van der Waals surface area (Å²) in [5, 5.41) is 12.6. The van der Waals surface area contributed by atoms with Crippen LogP contribution >= 0.6 is 0 Å². The van der Waals surface area contributed by atoms with Gasteiger partial charge in [0.2, 0.25) is 0 Å². The summed E-state index contributed by atoms with van der Waals surface area (Å²) in [7, 11) is 0. The Morgan fingerprint density at radius 2 is 1.75 bits per heavy atom. The Kier molecular flexibility index (Phi) is 6.68. The van der Waals surface area contributed by atoms with Crippen molar-refractivity contribution in [1.29, 1.82) is 0 Å². The Morgan fingerprint density at radius 3 is 2.43 bits per heavy atom. The van der Waals surface area contributed by atoms with Crippen LogP contribution in [-0.4, -0.2) is 22.7 Å². The average molecular weight is 384 g/mol. The number of pyridine rings is 1. The number of benzene rings is 2. The zero-order valence-electron chi connectivity index (χ0n) is 15.5. The topological polar surface area (TPSA) is 54.4 Å². The first-order valence-electron chi connectivity index (χ1n) is 9.05. The largest absolute Gasteiger partial charge is 0.451 e. The molecule has 0 aliphatic rings. The molecule has 1 aromatic heterocycles. The van der Waals surface area contributed by atoms with E-state index < -0.39 is 23.4 Å². The van der Waals surface area contributed by atoms with E-state index in [1.807, 2.05) is 12.1 Å². The molecule has 0 saturated carbocycles. The van der Waals surface area contributed by atoms with Gasteiger partial charge in [-0.25, -0.2) is 8.78 Å². The number of nitrogens with zero attached hydrogens (tertiary/aromatic N) is 1. The number of halogens is 2. The number of rotatable bonds is 8. The van der Waals surface area contributed by atoms with Gasteiger partial charge in [-0.3, -0.25) is 4.98 Å². The third-order valence-electron chi connectivity index (χ3n) is 4.37. The van der Waals surface area contributed by atoms with E-state index in [1.54, 1.807) is 49.6 Å². The van der Waals surface area contributed by atoms with Crippen molar-refractivity contribution in [3.8, 4) is 11.5 Å². The summed E-state index contributed by atoms with van der Waals surface area (Å²) in [6.07, 6.45) is 3.76. The van der Waals surface area contributed by atoms with Crippen molar-refractivity contribution in [3.63, 3.8) is 0 Å². The molecule has 0 amide bonds. The summed E-state index contributed by atoms with van der Waals surface area (Å²) < 4.78 is 35.0. The van der Waals surface area contributed by atoms with Gasteiger partial charge in [0.05, 0.1) is 6.61 Å². The number of hydrogen-bond donors (Lipinski definition) is 2. The molecule has 0 fully saturated rings. The molecule has 2 atom stereocenters. The fourth-order valence-electron chi connectivity index (χ4n) is 2.93. The molecular formula is C22H22F2N2O2. The number of nitrogens with one attached hydrogen (secondary N) is 1. The summed E-state index contributed by atoms with van der Waals surface area (Å²) in [6, 6.07) is 14.0. The summed E-state index contributed by atoms with van der Waals surface area (Å²) in [5.74, 6) is -1.63. The second-order valence-electron chi connectivity index (χ2n) is 6.56. The van der Waals surface area contributed by atoms with E-state index in [0.29, 0.717) is 12.2 Å². The molecule has 3 rings (SSSR count). The molecule has 2 N–H and O–H groups in total. The van der Waals surface area contributed by atoms with E-state index in [9.17, 15) is 9.50 Å². The molecule has 3 aromatic rings. The van der Waals surface area contributed by atoms with Gasteiger partial charge >= 0.3 is 0 Å². The van der Waals surface area contributed by atoms with Gasteiger partial charge in [0.1, 0.15) is 5.75 Å². The second-order valence-corrected chi connectivity index (χ2v) is 6.56. The van der Waals surface area contributed by atoms with E-state index in [1.165, 1.54) is 12.1 Å². The van der Waals surface area contributed by atoms with Gasteiger partial charge in [0.25, 0.3) is 0 Å². The van der Waals surface area contributed by atoms with Gasteiger partial charge in [-0.05, 0) is 49.2 Å². The molecule has 28 heavy (non-hydrogen) atoms. The van der Waals surface area contributed by atoms with Crippen molar-refractivity contribution in [2.24, 2.45) is 0 Å². The monoisotopic (exact) mass is 384 g/mol. The third kappa shape index (κ3) is 4.91. The van der Waals surface area contributed by atoms with E-state index in [-0.39, 0.29) is 18.2 Å². The highest BCUT2D eigenvalue weighted by Gasteiger charge is 2.23. The molecule has 1 heterocycles. The first kappa shape index (κ1) is 19.9. The normalized spacial score (nSPS) is 13.1. The van der Waals surface area contributed by atoms with Gasteiger partial charge in [-0.1, -0.05) is 24.3 Å². The van der Waals surface area contributed by atoms with Gasteiger partial charge in [0.15, 0.2) is 17.4 Å². The molecule has 0 aliphatic carbocycles. The van der Waals surface area contributed by atoms with Crippen LogP contribution in [0.4, 0.5) is 8.78 Å². The SMILES string of the molecule is CC(CO)NC(Cc1ccncc1)c1ccc(F)c(Oc2ccccc2)c1F. The van der Waals surface area contributed by atoms with Crippen molar-refractivity contribution < 1.29 is 18.6 Å². The maximum atomic E-state index is 15.2. The van der Waals surface area contributed by atoms with Crippen LogP contribution in [0, 0.1) is 11.6 Å². The summed E-state index contributed by atoms with van der Waals surface area (Å²) in [4.78, 5) is 3.99. The zero-order chi connectivity index (χ0) is 19.9. The van der Waals surface area contributed by atoms with E-state index >= 15 is 4.39 Å². The van der Waals surface area contributed by atoms with Crippen LogP contribution in [-0.2, 0) is 6.42 Å². The maximum Gasteiger partial charge on any atom is 0.198 e. The van der Waals surface area contributed by atoms with Crippen LogP contribution < -0.4 is 10.1 Å². The predicted octanol–water partition coefficient (Wildman–Crippen LogP) is 4.41. The molecule has 0 spiro atoms. The number of aliphatic hydroxyl groups excluding tert-OH is 1. The highest BCUT2D eigenvalue weighted by Crippen LogP contribution is 2.33. The Hall–Kier alpha value is -2.83. The summed E-state index contributed by atoms with van der Waals surface area (Å²) >= 11 is 0. The Morgan fingerprint density at radius 1 is 1.04 bits per heavy atom. The van der Waals surface area contributed by atoms with Crippen molar-refractivity contribution in [2.75, 3.05) is 6.61 Å². The summed E-state index contributed by atoms with van der Waals surface area (Å²) in [5.41, 5.74) is 1.20. The lowest BCUT2D eigenvalue weighted by molar-refractivity contribution is 0.239. The molecule has 0 aliphatic heterocycles. The maximum absolute atomic E-state index is 15.2. The summed E-state index contributed by atoms with van der Waals surface area (Å²) in [6.45, 7) is 1.69. The third-order valence-corrected chi connectivity index (χ3v) is 4.37. The Bertz CT molecular complexity index is 892. The molecule has 6 heteroatoms. The minimum absolute atomic E-state index is 0.108. The number of hydrogen-bond acceptors (Lipinski definition) is 4.